The first kappa shape index (κ1) is 12.6. The van der Waals surface area contributed by atoms with Gasteiger partial charge in [-0.15, -0.1) is 11.3 Å². The Bertz CT molecular complexity index is 551. The van der Waals surface area contributed by atoms with Crippen molar-refractivity contribution in [3.63, 3.8) is 0 Å². The number of aromatic hydroxyl groups is 1. The van der Waals surface area contributed by atoms with E-state index in [-0.39, 0.29) is 11.7 Å². The number of nitrogens with zero attached hydrogens (tertiary/aromatic N) is 1. The SMILES string of the molecule is CCc1ccsc1CNC(=O)c1cncc(O)c1. The van der Waals surface area contributed by atoms with Gasteiger partial charge in [0.25, 0.3) is 5.91 Å². The summed E-state index contributed by atoms with van der Waals surface area (Å²) in [6.45, 7) is 2.60. The Hall–Kier alpha value is -1.88. The van der Waals surface area contributed by atoms with Crippen molar-refractivity contribution in [3.05, 3.63) is 45.9 Å². The number of pyridine rings is 1. The van der Waals surface area contributed by atoms with E-state index in [1.807, 2.05) is 5.38 Å². The normalized spacial score (nSPS) is 10.3. The predicted octanol–water partition coefficient (Wildman–Crippen LogP) is 2.34. The minimum atomic E-state index is -0.228. The number of rotatable bonds is 4. The lowest BCUT2D eigenvalue weighted by molar-refractivity contribution is 0.0950. The molecule has 0 aliphatic rings. The standard InChI is InChI=1S/C13H14N2O2S/c1-2-9-3-4-18-12(9)8-15-13(17)10-5-11(16)7-14-6-10/h3-7,16H,2,8H2,1H3,(H,15,17). The van der Waals surface area contributed by atoms with Gasteiger partial charge >= 0.3 is 0 Å². The average Bonchev–Trinajstić information content (AvgIpc) is 2.83. The number of aromatic nitrogens is 1. The van der Waals surface area contributed by atoms with Crippen LogP contribution in [0.1, 0.15) is 27.7 Å². The molecule has 1 amide bonds. The maximum Gasteiger partial charge on any atom is 0.253 e. The van der Waals surface area contributed by atoms with Crippen LogP contribution in [0, 0.1) is 0 Å². The van der Waals surface area contributed by atoms with E-state index in [0.717, 1.165) is 6.42 Å². The average molecular weight is 262 g/mol. The van der Waals surface area contributed by atoms with Gasteiger partial charge in [-0.05, 0) is 29.5 Å². The van der Waals surface area contributed by atoms with E-state index >= 15 is 0 Å². The minimum Gasteiger partial charge on any atom is -0.506 e. The van der Waals surface area contributed by atoms with Crippen LogP contribution in [-0.4, -0.2) is 16.0 Å². The van der Waals surface area contributed by atoms with Gasteiger partial charge in [0.2, 0.25) is 0 Å². The highest BCUT2D eigenvalue weighted by Crippen LogP contribution is 2.17. The lowest BCUT2D eigenvalue weighted by atomic mass is 10.2. The summed E-state index contributed by atoms with van der Waals surface area (Å²) in [5.41, 5.74) is 1.62. The van der Waals surface area contributed by atoms with Gasteiger partial charge in [-0.3, -0.25) is 9.78 Å². The van der Waals surface area contributed by atoms with Crippen molar-refractivity contribution in [1.82, 2.24) is 10.3 Å². The Kier molecular flexibility index (Phi) is 3.94. The van der Waals surface area contributed by atoms with E-state index in [9.17, 15) is 9.90 Å². The molecule has 0 bridgehead atoms. The molecule has 0 spiro atoms. The molecule has 2 aromatic rings. The zero-order chi connectivity index (χ0) is 13.0. The molecular formula is C13H14N2O2S. The Balaban J connectivity index is 2.00. The lowest BCUT2D eigenvalue weighted by Crippen LogP contribution is -2.22. The Labute approximate surface area is 109 Å². The zero-order valence-corrected chi connectivity index (χ0v) is 10.8. The summed E-state index contributed by atoms with van der Waals surface area (Å²) >= 11 is 1.63. The first-order valence-electron chi connectivity index (χ1n) is 5.68. The van der Waals surface area contributed by atoms with Crippen LogP contribution < -0.4 is 5.32 Å². The highest BCUT2D eigenvalue weighted by atomic mass is 32.1. The third-order valence-electron chi connectivity index (χ3n) is 2.61. The second kappa shape index (κ2) is 5.64. The molecule has 0 fully saturated rings. The summed E-state index contributed by atoms with van der Waals surface area (Å²) in [5, 5.41) is 14.1. The van der Waals surface area contributed by atoms with Crippen LogP contribution in [0.25, 0.3) is 0 Å². The van der Waals surface area contributed by atoms with Crippen molar-refractivity contribution in [2.45, 2.75) is 19.9 Å². The molecule has 5 heteroatoms. The number of hydrogen-bond acceptors (Lipinski definition) is 4. The third kappa shape index (κ3) is 2.87. The van der Waals surface area contributed by atoms with Gasteiger partial charge in [0.05, 0.1) is 18.3 Å². The molecule has 0 aliphatic heterocycles. The molecule has 2 rings (SSSR count). The monoisotopic (exact) mass is 262 g/mol. The van der Waals surface area contributed by atoms with Crippen LogP contribution in [0.15, 0.2) is 29.9 Å². The Morgan fingerprint density at radius 3 is 3.06 bits per heavy atom. The van der Waals surface area contributed by atoms with Crippen molar-refractivity contribution in [1.29, 1.82) is 0 Å². The van der Waals surface area contributed by atoms with E-state index in [2.05, 4.69) is 23.3 Å². The second-order valence-electron chi connectivity index (χ2n) is 3.84. The maximum atomic E-state index is 11.8. The van der Waals surface area contributed by atoms with Gasteiger partial charge in [0, 0.05) is 11.1 Å². The summed E-state index contributed by atoms with van der Waals surface area (Å²) in [5.74, 6) is -0.234. The Morgan fingerprint density at radius 2 is 2.33 bits per heavy atom. The number of carbonyl (C=O) groups is 1. The van der Waals surface area contributed by atoms with Crippen LogP contribution in [-0.2, 0) is 13.0 Å². The molecule has 0 unspecified atom stereocenters. The predicted molar refractivity (Wildman–Crippen MR) is 70.8 cm³/mol. The van der Waals surface area contributed by atoms with Crippen LogP contribution in [0.5, 0.6) is 5.75 Å². The zero-order valence-electron chi connectivity index (χ0n) is 10.0. The van der Waals surface area contributed by atoms with Crippen molar-refractivity contribution in [2.75, 3.05) is 0 Å². The molecule has 0 radical (unpaired) electrons. The molecule has 0 atom stereocenters. The quantitative estimate of drug-likeness (QED) is 0.889. The lowest BCUT2D eigenvalue weighted by Gasteiger charge is -2.05. The number of carbonyl (C=O) groups excluding carboxylic acids is 1. The van der Waals surface area contributed by atoms with Crippen LogP contribution in [0.3, 0.4) is 0 Å². The summed E-state index contributed by atoms with van der Waals surface area (Å²) in [4.78, 5) is 16.8. The molecule has 2 heterocycles. The molecule has 18 heavy (non-hydrogen) atoms. The van der Waals surface area contributed by atoms with Crippen molar-refractivity contribution in [3.8, 4) is 5.75 Å². The first-order valence-corrected chi connectivity index (χ1v) is 6.56. The molecule has 0 saturated carbocycles. The van der Waals surface area contributed by atoms with E-state index in [4.69, 9.17) is 0 Å². The number of hydrogen-bond donors (Lipinski definition) is 2. The maximum absolute atomic E-state index is 11.8. The summed E-state index contributed by atoms with van der Waals surface area (Å²) < 4.78 is 0. The highest BCUT2D eigenvalue weighted by Gasteiger charge is 2.08. The molecule has 0 saturated heterocycles. The summed E-state index contributed by atoms with van der Waals surface area (Å²) in [6.07, 6.45) is 3.69. The first-order chi connectivity index (χ1) is 8.70. The number of aryl methyl sites for hydroxylation is 1. The van der Waals surface area contributed by atoms with Crippen LogP contribution in [0.4, 0.5) is 0 Å². The number of nitrogens with one attached hydrogen (secondary N) is 1. The minimum absolute atomic E-state index is 0.00646. The fourth-order valence-electron chi connectivity index (χ4n) is 1.65. The van der Waals surface area contributed by atoms with Gasteiger partial charge in [-0.2, -0.15) is 0 Å². The summed E-state index contributed by atoms with van der Waals surface area (Å²) in [6, 6.07) is 3.47. The van der Waals surface area contributed by atoms with Crippen molar-refractivity contribution in [2.24, 2.45) is 0 Å². The molecule has 4 nitrogen and oxygen atoms in total. The van der Waals surface area contributed by atoms with Gasteiger partial charge in [0.15, 0.2) is 0 Å². The third-order valence-corrected chi connectivity index (χ3v) is 3.58. The van der Waals surface area contributed by atoms with Crippen molar-refractivity contribution < 1.29 is 9.90 Å². The fraction of sp³-hybridized carbons (Fsp3) is 0.231. The molecule has 0 aromatic carbocycles. The van der Waals surface area contributed by atoms with Crippen molar-refractivity contribution >= 4 is 17.2 Å². The largest absolute Gasteiger partial charge is 0.506 e. The fourth-order valence-corrected chi connectivity index (χ4v) is 2.57. The molecule has 94 valence electrons. The smallest absolute Gasteiger partial charge is 0.253 e. The van der Waals surface area contributed by atoms with Crippen LogP contribution >= 0.6 is 11.3 Å². The van der Waals surface area contributed by atoms with Gasteiger partial charge in [0.1, 0.15) is 5.75 Å². The molecule has 2 N–H and O–H groups in total. The highest BCUT2D eigenvalue weighted by molar-refractivity contribution is 7.10. The topological polar surface area (TPSA) is 62.2 Å². The number of amides is 1. The van der Waals surface area contributed by atoms with E-state index in [1.165, 1.54) is 28.9 Å². The summed E-state index contributed by atoms with van der Waals surface area (Å²) in [7, 11) is 0. The van der Waals surface area contributed by atoms with E-state index in [1.54, 1.807) is 11.3 Å². The number of thiophene rings is 1. The van der Waals surface area contributed by atoms with Gasteiger partial charge in [-0.25, -0.2) is 0 Å². The Morgan fingerprint density at radius 1 is 1.50 bits per heavy atom. The molecular weight excluding hydrogens is 248 g/mol. The molecule has 0 aliphatic carbocycles. The van der Waals surface area contributed by atoms with E-state index < -0.39 is 0 Å². The van der Waals surface area contributed by atoms with Crippen LogP contribution in [0.2, 0.25) is 0 Å². The van der Waals surface area contributed by atoms with Gasteiger partial charge < -0.3 is 10.4 Å². The second-order valence-corrected chi connectivity index (χ2v) is 4.84. The van der Waals surface area contributed by atoms with E-state index in [0.29, 0.717) is 12.1 Å². The molecule has 2 aromatic heterocycles. The van der Waals surface area contributed by atoms with Gasteiger partial charge in [-0.1, -0.05) is 6.92 Å².